The maximum atomic E-state index is 6.43. The summed E-state index contributed by atoms with van der Waals surface area (Å²) in [5, 5.41) is 2.30. The Kier molecular flexibility index (Phi) is 8.86. The molecular weight excluding hydrogens is 789 g/mol. The summed E-state index contributed by atoms with van der Waals surface area (Å²) in [6, 6.07) is 46.5. The third-order valence-corrected chi connectivity index (χ3v) is 9.86. The minimum Gasteiger partial charge on any atom is -0.456 e. The molecule has 0 saturated heterocycles. The molecule has 0 atom stereocenters. The Hall–Kier alpha value is -5.15. The van der Waals surface area contributed by atoms with Crippen LogP contribution in [0.5, 0.6) is 0 Å². The fraction of sp³-hybridized carbons (Fsp3) is 0.130. The predicted molar refractivity (Wildman–Crippen MR) is 202 cm³/mol. The maximum absolute atomic E-state index is 6.43. The number of furan rings is 1. The van der Waals surface area contributed by atoms with Crippen molar-refractivity contribution in [1.29, 1.82) is 0 Å². The van der Waals surface area contributed by atoms with Gasteiger partial charge in [0, 0.05) is 54.2 Å². The Morgan fingerprint density at radius 2 is 1.40 bits per heavy atom. The number of aromatic nitrogens is 2. The molecule has 1 aliphatic rings. The number of benzene rings is 5. The van der Waals surface area contributed by atoms with Crippen molar-refractivity contribution < 1.29 is 24.5 Å². The molecule has 1 aliphatic carbocycles. The van der Waals surface area contributed by atoms with Crippen molar-refractivity contribution >= 4 is 21.9 Å². The van der Waals surface area contributed by atoms with Gasteiger partial charge in [-0.25, -0.2) is 0 Å². The third kappa shape index (κ3) is 5.79. The molecule has 0 amide bonds. The summed E-state index contributed by atoms with van der Waals surface area (Å²) >= 11 is 0. The van der Waals surface area contributed by atoms with Crippen LogP contribution in [0.1, 0.15) is 41.7 Å². The fourth-order valence-corrected chi connectivity index (χ4v) is 7.06. The summed E-state index contributed by atoms with van der Waals surface area (Å²) in [5.74, 6) is 0. The minimum absolute atomic E-state index is 0. The molecule has 3 heterocycles. The maximum Gasteiger partial charge on any atom is 0.136 e. The van der Waals surface area contributed by atoms with Crippen LogP contribution in [0.25, 0.3) is 66.7 Å². The number of hydrogen-bond acceptors (Lipinski definition) is 3. The molecule has 0 N–H and O–H groups in total. The summed E-state index contributed by atoms with van der Waals surface area (Å²) in [6.07, 6.45) is 3.82. The van der Waals surface area contributed by atoms with E-state index in [1.807, 2.05) is 42.7 Å². The Morgan fingerprint density at radius 1 is 0.640 bits per heavy atom. The van der Waals surface area contributed by atoms with Gasteiger partial charge in [-0.05, 0) is 76.8 Å². The van der Waals surface area contributed by atoms with E-state index in [2.05, 4.69) is 142 Å². The van der Waals surface area contributed by atoms with E-state index in [1.54, 1.807) is 0 Å². The predicted octanol–water partition coefficient (Wildman–Crippen LogP) is 11.9. The second-order valence-electron chi connectivity index (χ2n) is 13.5. The Morgan fingerprint density at radius 3 is 2.18 bits per heavy atom. The molecule has 0 fully saturated rings. The number of rotatable bonds is 3. The quantitative estimate of drug-likeness (QED) is 0.167. The average molecular weight is 825 g/mol. The van der Waals surface area contributed by atoms with Gasteiger partial charge in [0.1, 0.15) is 11.2 Å². The van der Waals surface area contributed by atoms with Gasteiger partial charge >= 0.3 is 0 Å². The van der Waals surface area contributed by atoms with Gasteiger partial charge in [0.2, 0.25) is 0 Å². The van der Waals surface area contributed by atoms with Crippen LogP contribution in [-0.4, -0.2) is 9.97 Å². The van der Waals surface area contributed by atoms with Gasteiger partial charge in [-0.3, -0.25) is 0 Å². The van der Waals surface area contributed by atoms with E-state index in [-0.39, 0.29) is 25.5 Å². The van der Waals surface area contributed by atoms with E-state index >= 15 is 0 Å². The second kappa shape index (κ2) is 13.3. The fourth-order valence-electron chi connectivity index (χ4n) is 7.06. The van der Waals surface area contributed by atoms with Gasteiger partial charge in [-0.2, -0.15) is 0 Å². The molecule has 0 spiro atoms. The number of para-hydroxylation sites is 1. The van der Waals surface area contributed by atoms with Crippen LogP contribution in [0.2, 0.25) is 0 Å². The van der Waals surface area contributed by atoms with Gasteiger partial charge in [0.15, 0.2) is 0 Å². The number of nitrogens with zero attached hydrogens (tertiary/aromatic N) is 2. The van der Waals surface area contributed by atoms with Gasteiger partial charge < -0.3 is 14.4 Å². The zero-order valence-electron chi connectivity index (χ0n) is 28.8. The Balaban J connectivity index is 0.000000207. The normalized spacial score (nSPS) is 12.5. The van der Waals surface area contributed by atoms with Crippen molar-refractivity contribution in [3.8, 4) is 44.8 Å². The SMILES string of the molecule is CC1(C)c2ccccc2-c2c1cc1oc3ccccc3c1c2-c1ccnc(-c2[c-]cccc2)c1.Cc1c[c-]c(-c2cc(C)c(C)cn2)cc1.[Ir]. The zero-order valence-corrected chi connectivity index (χ0v) is 31.2. The van der Waals surface area contributed by atoms with E-state index in [1.165, 1.54) is 44.5 Å². The van der Waals surface area contributed by atoms with Crippen molar-refractivity contribution in [2.75, 3.05) is 0 Å². The van der Waals surface area contributed by atoms with Gasteiger partial charge in [0.05, 0.1) is 0 Å². The molecule has 0 bridgehead atoms. The molecule has 4 heteroatoms. The van der Waals surface area contributed by atoms with Crippen LogP contribution in [-0.2, 0) is 25.5 Å². The molecule has 247 valence electrons. The largest absolute Gasteiger partial charge is 0.456 e. The summed E-state index contributed by atoms with van der Waals surface area (Å²) in [6.45, 7) is 10.9. The van der Waals surface area contributed by atoms with E-state index in [4.69, 9.17) is 4.42 Å². The summed E-state index contributed by atoms with van der Waals surface area (Å²) in [7, 11) is 0. The van der Waals surface area contributed by atoms with E-state index < -0.39 is 0 Å². The van der Waals surface area contributed by atoms with Crippen LogP contribution >= 0.6 is 0 Å². The molecule has 0 saturated carbocycles. The molecule has 0 aliphatic heterocycles. The molecule has 8 aromatic rings. The van der Waals surface area contributed by atoms with Crippen LogP contribution in [0.3, 0.4) is 0 Å². The van der Waals surface area contributed by atoms with Crippen LogP contribution in [0.15, 0.2) is 132 Å². The van der Waals surface area contributed by atoms with Crippen molar-refractivity contribution in [2.45, 2.75) is 40.0 Å². The van der Waals surface area contributed by atoms with Gasteiger partial charge in [-0.1, -0.05) is 80.9 Å². The average Bonchev–Trinajstić information content (AvgIpc) is 3.61. The van der Waals surface area contributed by atoms with Crippen molar-refractivity contribution in [3.63, 3.8) is 0 Å². The minimum atomic E-state index is -0.114. The molecule has 1 radical (unpaired) electrons. The Labute approximate surface area is 307 Å². The molecular formula is C46H36IrN2O-2. The molecule has 5 aromatic carbocycles. The smallest absolute Gasteiger partial charge is 0.136 e. The first-order valence-corrected chi connectivity index (χ1v) is 16.7. The standard InChI is InChI=1S/C32H22NO.C14H14N.Ir/c1-32(2)24-14-8-6-12-22(24)30-25(32)19-28-31(23-13-7-9-15-27(23)34-28)29(30)21-16-17-33-26(18-21)20-10-4-3-5-11-20;1-10-4-6-13(7-5-10)14-8-11(2)12(3)9-15-14;/h3-10,12-19H,1-2H3;4-6,8-9H,1-3H3;/q2*-1;. The zero-order chi connectivity index (χ0) is 33.7. The number of hydrogen-bond donors (Lipinski definition) is 0. The topological polar surface area (TPSA) is 38.9 Å². The summed E-state index contributed by atoms with van der Waals surface area (Å²) in [4.78, 5) is 9.08. The second-order valence-corrected chi connectivity index (χ2v) is 13.5. The van der Waals surface area contributed by atoms with E-state index in [0.717, 1.165) is 50.0 Å². The van der Waals surface area contributed by atoms with Gasteiger partial charge in [-0.15, -0.1) is 71.3 Å². The first-order chi connectivity index (χ1) is 23.8. The van der Waals surface area contributed by atoms with Crippen molar-refractivity contribution in [1.82, 2.24) is 9.97 Å². The number of fused-ring (bicyclic) bond motifs is 6. The van der Waals surface area contributed by atoms with Crippen LogP contribution < -0.4 is 0 Å². The molecule has 50 heavy (non-hydrogen) atoms. The first kappa shape index (κ1) is 33.4. The van der Waals surface area contributed by atoms with Crippen LogP contribution in [0, 0.1) is 32.9 Å². The van der Waals surface area contributed by atoms with Crippen molar-refractivity contribution in [2.24, 2.45) is 0 Å². The van der Waals surface area contributed by atoms with Gasteiger partial charge in [0.25, 0.3) is 0 Å². The van der Waals surface area contributed by atoms with E-state index in [0.29, 0.717) is 0 Å². The third-order valence-electron chi connectivity index (χ3n) is 9.86. The Bertz CT molecular complexity index is 2490. The van der Waals surface area contributed by atoms with E-state index in [9.17, 15) is 0 Å². The summed E-state index contributed by atoms with van der Waals surface area (Å²) < 4.78 is 6.43. The van der Waals surface area contributed by atoms with Crippen molar-refractivity contribution in [3.05, 3.63) is 168 Å². The molecule has 3 nitrogen and oxygen atoms in total. The summed E-state index contributed by atoms with van der Waals surface area (Å²) in [5.41, 5.74) is 17.0. The monoisotopic (exact) mass is 825 g/mol. The molecule has 0 unspecified atom stereocenters. The van der Waals surface area contributed by atoms with Crippen LogP contribution in [0.4, 0.5) is 0 Å². The number of pyridine rings is 2. The number of aryl methyl sites for hydroxylation is 3. The first-order valence-electron chi connectivity index (χ1n) is 16.7. The molecule has 3 aromatic heterocycles. The molecule has 9 rings (SSSR count).